The van der Waals surface area contributed by atoms with Crippen molar-refractivity contribution in [3.63, 3.8) is 0 Å². The van der Waals surface area contributed by atoms with Crippen molar-refractivity contribution in [2.45, 2.75) is 24.8 Å². The average Bonchev–Trinajstić information content (AvgIpc) is 3.18. The number of carboxylic acids is 1. The van der Waals surface area contributed by atoms with Crippen LogP contribution < -0.4 is 5.32 Å². The fraction of sp³-hybridized carbons (Fsp3) is 0.429. The summed E-state index contributed by atoms with van der Waals surface area (Å²) in [7, 11) is 1.55. The molecule has 2 atom stereocenters. The van der Waals surface area contributed by atoms with Gasteiger partial charge in [0.2, 0.25) is 0 Å². The topological polar surface area (TPSA) is 69.6 Å². The molecule has 0 aliphatic heterocycles. The minimum atomic E-state index is -0.940. The second kappa shape index (κ2) is 6.43. The van der Waals surface area contributed by atoms with Crippen molar-refractivity contribution in [3.8, 4) is 0 Å². The lowest BCUT2D eigenvalue weighted by Crippen LogP contribution is -2.39. The molecule has 0 radical (unpaired) electrons. The summed E-state index contributed by atoms with van der Waals surface area (Å²) in [4.78, 5) is 23.6. The Kier molecular flexibility index (Phi) is 4.82. The van der Waals surface area contributed by atoms with Gasteiger partial charge in [-0.15, -0.1) is 0 Å². The SMILES string of the molecule is CN(CCC(=O)O)C(=O)N[C@@H]1C[C@H]1c1ccc(Br)c(F)c1. The van der Waals surface area contributed by atoms with Gasteiger partial charge in [0.05, 0.1) is 10.9 Å². The number of amides is 2. The van der Waals surface area contributed by atoms with Crippen molar-refractivity contribution in [2.24, 2.45) is 0 Å². The van der Waals surface area contributed by atoms with Gasteiger partial charge < -0.3 is 15.3 Å². The molecule has 114 valence electrons. The van der Waals surface area contributed by atoms with Gasteiger partial charge in [-0.25, -0.2) is 9.18 Å². The largest absolute Gasteiger partial charge is 0.481 e. The molecule has 1 saturated carbocycles. The summed E-state index contributed by atoms with van der Waals surface area (Å²) in [5, 5.41) is 11.4. The Labute approximate surface area is 130 Å². The lowest BCUT2D eigenvalue weighted by Gasteiger charge is -2.17. The number of urea groups is 1. The highest BCUT2D eigenvalue weighted by Gasteiger charge is 2.40. The molecule has 1 aromatic rings. The Balaban J connectivity index is 1.84. The Morgan fingerprint density at radius 2 is 2.24 bits per heavy atom. The highest BCUT2D eigenvalue weighted by molar-refractivity contribution is 9.10. The fourth-order valence-corrected chi connectivity index (χ4v) is 2.35. The first kappa shape index (κ1) is 15.8. The molecule has 1 aromatic carbocycles. The van der Waals surface area contributed by atoms with Crippen molar-refractivity contribution in [2.75, 3.05) is 13.6 Å². The van der Waals surface area contributed by atoms with E-state index in [0.717, 1.165) is 12.0 Å². The lowest BCUT2D eigenvalue weighted by atomic mass is 10.1. The predicted octanol–water partition coefficient (Wildman–Crippen LogP) is 2.56. The molecule has 1 fully saturated rings. The molecule has 1 aliphatic rings. The Bertz CT molecular complexity index is 567. The van der Waals surface area contributed by atoms with Gasteiger partial charge in [0.25, 0.3) is 0 Å². The summed E-state index contributed by atoms with van der Waals surface area (Å²) < 4.78 is 13.9. The summed E-state index contributed by atoms with van der Waals surface area (Å²) >= 11 is 3.10. The zero-order valence-corrected chi connectivity index (χ0v) is 13.1. The number of halogens is 2. The molecule has 0 heterocycles. The molecule has 0 spiro atoms. The van der Waals surface area contributed by atoms with Crippen molar-refractivity contribution >= 4 is 27.9 Å². The Morgan fingerprint density at radius 3 is 2.86 bits per heavy atom. The first-order valence-corrected chi connectivity index (χ1v) is 7.36. The summed E-state index contributed by atoms with van der Waals surface area (Å²) in [6.45, 7) is 0.158. The van der Waals surface area contributed by atoms with Crippen LogP contribution in [0.25, 0.3) is 0 Å². The van der Waals surface area contributed by atoms with E-state index in [1.165, 1.54) is 11.0 Å². The van der Waals surface area contributed by atoms with Crippen LogP contribution in [0.3, 0.4) is 0 Å². The molecule has 0 unspecified atom stereocenters. The molecular weight excluding hydrogens is 343 g/mol. The van der Waals surface area contributed by atoms with Crippen LogP contribution >= 0.6 is 15.9 Å². The fourth-order valence-electron chi connectivity index (χ4n) is 2.10. The van der Waals surface area contributed by atoms with Crippen LogP contribution in [0.1, 0.15) is 24.3 Å². The third kappa shape index (κ3) is 4.17. The number of benzene rings is 1. The zero-order valence-electron chi connectivity index (χ0n) is 11.5. The maximum atomic E-state index is 13.5. The summed E-state index contributed by atoms with van der Waals surface area (Å²) in [6.07, 6.45) is 0.676. The lowest BCUT2D eigenvalue weighted by molar-refractivity contribution is -0.137. The van der Waals surface area contributed by atoms with Crippen LogP contribution in [0.2, 0.25) is 0 Å². The standard InChI is InChI=1S/C14H16BrFN2O3/c1-18(5-4-13(19)20)14(21)17-12-7-9(12)8-2-3-10(15)11(16)6-8/h2-3,6,9,12H,4-5,7H2,1H3,(H,17,21)(H,19,20)/t9-,12+/m0/s1. The summed E-state index contributed by atoms with van der Waals surface area (Å²) in [5.41, 5.74) is 0.856. The van der Waals surface area contributed by atoms with Gasteiger partial charge in [-0.3, -0.25) is 4.79 Å². The van der Waals surface area contributed by atoms with Crippen LogP contribution in [-0.2, 0) is 4.79 Å². The van der Waals surface area contributed by atoms with Crippen LogP contribution in [0, 0.1) is 5.82 Å². The molecule has 2 amide bonds. The molecule has 21 heavy (non-hydrogen) atoms. The third-order valence-corrected chi connectivity index (χ3v) is 4.12. The number of carbonyl (C=O) groups is 2. The molecule has 2 N–H and O–H groups in total. The number of nitrogens with zero attached hydrogens (tertiary/aromatic N) is 1. The van der Waals surface area contributed by atoms with Crippen molar-refractivity contribution in [1.82, 2.24) is 10.2 Å². The zero-order chi connectivity index (χ0) is 15.6. The van der Waals surface area contributed by atoms with Gasteiger partial charge in [-0.2, -0.15) is 0 Å². The molecule has 1 aliphatic carbocycles. The van der Waals surface area contributed by atoms with Crippen LogP contribution in [0.15, 0.2) is 22.7 Å². The van der Waals surface area contributed by atoms with Gasteiger partial charge in [0, 0.05) is 25.6 Å². The normalized spacial score (nSPS) is 20.0. The van der Waals surface area contributed by atoms with Crippen molar-refractivity contribution in [1.29, 1.82) is 0 Å². The molecule has 7 heteroatoms. The average molecular weight is 359 g/mol. The maximum absolute atomic E-state index is 13.5. The van der Waals surface area contributed by atoms with E-state index in [1.807, 2.05) is 6.07 Å². The van der Waals surface area contributed by atoms with E-state index in [-0.39, 0.29) is 36.8 Å². The number of rotatable bonds is 5. The first-order valence-electron chi connectivity index (χ1n) is 6.57. The quantitative estimate of drug-likeness (QED) is 0.849. The second-order valence-electron chi connectivity index (χ2n) is 5.14. The van der Waals surface area contributed by atoms with Crippen molar-refractivity contribution in [3.05, 3.63) is 34.1 Å². The smallest absolute Gasteiger partial charge is 0.317 e. The van der Waals surface area contributed by atoms with E-state index in [9.17, 15) is 14.0 Å². The van der Waals surface area contributed by atoms with Gasteiger partial charge in [0.1, 0.15) is 5.82 Å². The molecule has 0 aromatic heterocycles. The third-order valence-electron chi connectivity index (χ3n) is 3.48. The molecular formula is C14H16BrFN2O3. The number of carbonyl (C=O) groups excluding carboxylic acids is 1. The number of hydrogen-bond acceptors (Lipinski definition) is 2. The van der Waals surface area contributed by atoms with E-state index in [4.69, 9.17) is 5.11 Å². The molecule has 5 nitrogen and oxygen atoms in total. The molecule has 0 bridgehead atoms. The number of hydrogen-bond donors (Lipinski definition) is 2. The first-order chi connectivity index (χ1) is 9.88. The van der Waals surface area contributed by atoms with Gasteiger partial charge >= 0.3 is 12.0 Å². The monoisotopic (exact) mass is 358 g/mol. The second-order valence-corrected chi connectivity index (χ2v) is 5.99. The minimum absolute atomic E-state index is 0.0228. The van der Waals surface area contributed by atoms with Crippen molar-refractivity contribution < 1.29 is 19.1 Å². The predicted molar refractivity (Wildman–Crippen MR) is 78.7 cm³/mol. The van der Waals surface area contributed by atoms with E-state index in [0.29, 0.717) is 4.47 Å². The van der Waals surface area contributed by atoms with E-state index >= 15 is 0 Å². The van der Waals surface area contributed by atoms with Gasteiger partial charge in [-0.1, -0.05) is 6.07 Å². The highest BCUT2D eigenvalue weighted by atomic mass is 79.9. The van der Waals surface area contributed by atoms with E-state index in [2.05, 4.69) is 21.2 Å². The highest BCUT2D eigenvalue weighted by Crippen LogP contribution is 2.41. The number of carboxylic acid groups (broad SMARTS) is 1. The Hall–Kier alpha value is -1.63. The molecule has 2 rings (SSSR count). The van der Waals surface area contributed by atoms with Crippen LogP contribution in [0.4, 0.5) is 9.18 Å². The number of aliphatic carboxylic acids is 1. The van der Waals surface area contributed by atoms with E-state index < -0.39 is 5.97 Å². The summed E-state index contributed by atoms with van der Waals surface area (Å²) in [5.74, 6) is -1.14. The Morgan fingerprint density at radius 1 is 1.52 bits per heavy atom. The molecule has 0 saturated heterocycles. The van der Waals surface area contributed by atoms with Gasteiger partial charge in [-0.05, 0) is 40.0 Å². The number of nitrogens with one attached hydrogen (secondary N) is 1. The van der Waals surface area contributed by atoms with E-state index in [1.54, 1.807) is 13.1 Å². The minimum Gasteiger partial charge on any atom is -0.481 e. The van der Waals surface area contributed by atoms with Crippen LogP contribution in [0.5, 0.6) is 0 Å². The van der Waals surface area contributed by atoms with Crippen LogP contribution in [-0.4, -0.2) is 41.6 Å². The summed E-state index contributed by atoms with van der Waals surface area (Å²) in [6, 6.07) is 4.63. The van der Waals surface area contributed by atoms with Gasteiger partial charge in [0.15, 0.2) is 0 Å². The maximum Gasteiger partial charge on any atom is 0.317 e.